The summed E-state index contributed by atoms with van der Waals surface area (Å²) < 4.78 is 17.4. The predicted molar refractivity (Wildman–Crippen MR) is 91.5 cm³/mol. The average molecular weight is 347 g/mol. The third kappa shape index (κ3) is 4.06. The van der Waals surface area contributed by atoms with Gasteiger partial charge in [0, 0.05) is 21.4 Å². The predicted octanol–water partition coefficient (Wildman–Crippen LogP) is 4.15. The fraction of sp³-hybridized carbons (Fsp3) is 0.176. The highest BCUT2D eigenvalue weighted by atomic mass is 35.5. The van der Waals surface area contributed by atoms with E-state index in [0.29, 0.717) is 22.5 Å². The van der Waals surface area contributed by atoms with Crippen LogP contribution in [0.5, 0.6) is 0 Å². The van der Waals surface area contributed by atoms with Crippen LogP contribution < -0.4 is 0 Å². The number of nitrogens with zero attached hydrogens (tertiary/aromatic N) is 2. The third-order valence-electron chi connectivity index (χ3n) is 3.34. The van der Waals surface area contributed by atoms with E-state index in [1.54, 1.807) is 6.07 Å². The summed E-state index contributed by atoms with van der Waals surface area (Å²) in [7, 11) is -1.16. The van der Waals surface area contributed by atoms with E-state index in [4.69, 9.17) is 16.1 Å². The van der Waals surface area contributed by atoms with Crippen LogP contribution in [0.2, 0.25) is 5.02 Å². The van der Waals surface area contributed by atoms with Crippen LogP contribution in [0.4, 0.5) is 0 Å². The van der Waals surface area contributed by atoms with Gasteiger partial charge in [-0.1, -0.05) is 64.8 Å². The van der Waals surface area contributed by atoms with Crippen LogP contribution in [-0.2, 0) is 22.3 Å². The second-order valence-electron chi connectivity index (χ2n) is 5.20. The molecule has 0 amide bonds. The van der Waals surface area contributed by atoms with Crippen LogP contribution in [0.1, 0.15) is 17.0 Å². The maximum Gasteiger partial charge on any atom is 0.239 e. The first-order chi connectivity index (χ1) is 11.1. The summed E-state index contributed by atoms with van der Waals surface area (Å²) in [5.74, 6) is 1.45. The molecule has 0 spiro atoms. The molecule has 0 radical (unpaired) electrons. The highest BCUT2D eigenvalue weighted by Crippen LogP contribution is 2.19. The minimum Gasteiger partial charge on any atom is -0.338 e. The molecule has 0 saturated carbocycles. The van der Waals surface area contributed by atoms with Crippen molar-refractivity contribution in [2.75, 3.05) is 0 Å². The molecule has 0 aliphatic heterocycles. The lowest BCUT2D eigenvalue weighted by atomic mass is 10.1. The van der Waals surface area contributed by atoms with Crippen molar-refractivity contribution in [3.63, 3.8) is 0 Å². The summed E-state index contributed by atoms with van der Waals surface area (Å²) in [6.45, 7) is 2.02. The van der Waals surface area contributed by atoms with Crippen LogP contribution in [0, 0.1) is 6.92 Å². The van der Waals surface area contributed by atoms with Gasteiger partial charge in [0.25, 0.3) is 0 Å². The molecule has 0 aliphatic rings. The van der Waals surface area contributed by atoms with Crippen LogP contribution in [-0.4, -0.2) is 14.3 Å². The number of halogens is 1. The van der Waals surface area contributed by atoms with Crippen molar-refractivity contribution in [1.29, 1.82) is 0 Å². The summed E-state index contributed by atoms with van der Waals surface area (Å²) in [5.41, 5.74) is 2.89. The Kier molecular flexibility index (Phi) is 4.88. The van der Waals surface area contributed by atoms with E-state index >= 15 is 0 Å². The van der Waals surface area contributed by atoms with Crippen LogP contribution in [0.25, 0.3) is 11.4 Å². The van der Waals surface area contributed by atoms with Gasteiger partial charge >= 0.3 is 0 Å². The monoisotopic (exact) mass is 346 g/mol. The minimum atomic E-state index is -1.16. The van der Waals surface area contributed by atoms with Crippen molar-refractivity contribution < 1.29 is 8.73 Å². The number of rotatable bonds is 5. The zero-order valence-electron chi connectivity index (χ0n) is 12.5. The van der Waals surface area contributed by atoms with Crippen LogP contribution >= 0.6 is 11.6 Å². The molecule has 0 bridgehead atoms. The molecule has 1 atom stereocenters. The molecule has 0 fully saturated rings. The van der Waals surface area contributed by atoms with Gasteiger partial charge in [0.05, 0.1) is 5.75 Å². The molecule has 23 heavy (non-hydrogen) atoms. The van der Waals surface area contributed by atoms with Gasteiger partial charge in [0.1, 0.15) is 5.75 Å². The zero-order valence-corrected chi connectivity index (χ0v) is 14.1. The molecule has 1 aromatic heterocycles. The first-order valence-corrected chi connectivity index (χ1v) is 8.96. The van der Waals surface area contributed by atoms with Crippen molar-refractivity contribution in [3.8, 4) is 11.4 Å². The summed E-state index contributed by atoms with van der Waals surface area (Å²) in [5, 5.41) is 4.56. The van der Waals surface area contributed by atoms with E-state index in [2.05, 4.69) is 10.1 Å². The fourth-order valence-electron chi connectivity index (χ4n) is 2.11. The Bertz CT molecular complexity index is 831. The van der Waals surface area contributed by atoms with Crippen molar-refractivity contribution in [2.24, 2.45) is 0 Å². The quantitative estimate of drug-likeness (QED) is 0.696. The van der Waals surface area contributed by atoms with E-state index in [0.717, 1.165) is 11.1 Å². The third-order valence-corrected chi connectivity index (χ3v) is 4.91. The average Bonchev–Trinajstić information content (AvgIpc) is 2.98. The second kappa shape index (κ2) is 7.06. The van der Waals surface area contributed by atoms with Gasteiger partial charge in [0.2, 0.25) is 11.7 Å². The molecule has 2 aromatic carbocycles. The van der Waals surface area contributed by atoms with Gasteiger partial charge in [-0.3, -0.25) is 4.21 Å². The minimum absolute atomic E-state index is 0.212. The van der Waals surface area contributed by atoms with E-state index in [1.165, 1.54) is 5.56 Å². The fourth-order valence-corrected chi connectivity index (χ4v) is 3.49. The molecule has 3 aromatic rings. The van der Waals surface area contributed by atoms with E-state index in [9.17, 15) is 4.21 Å². The van der Waals surface area contributed by atoms with Gasteiger partial charge < -0.3 is 4.52 Å². The maximum atomic E-state index is 12.2. The smallest absolute Gasteiger partial charge is 0.239 e. The summed E-state index contributed by atoms with van der Waals surface area (Å²) in [6, 6.07) is 15.2. The van der Waals surface area contributed by atoms with Gasteiger partial charge in [0.15, 0.2) is 0 Å². The summed E-state index contributed by atoms with van der Waals surface area (Å²) >= 11 is 6.08. The SMILES string of the molecule is Cc1ccc(-c2noc(C[S@@](=O)Cc3ccccc3Cl)n2)cc1. The largest absolute Gasteiger partial charge is 0.338 e. The van der Waals surface area contributed by atoms with E-state index in [1.807, 2.05) is 49.4 Å². The standard InChI is InChI=1S/C17H15ClN2O2S/c1-12-6-8-13(9-7-12)17-19-16(22-20-17)11-23(21)10-14-4-2-3-5-15(14)18/h2-9H,10-11H2,1H3/t23-/m0/s1. The Labute approximate surface area is 142 Å². The first-order valence-electron chi connectivity index (χ1n) is 7.10. The second-order valence-corrected chi connectivity index (χ2v) is 7.06. The molecule has 0 unspecified atom stereocenters. The molecule has 0 saturated heterocycles. The summed E-state index contributed by atoms with van der Waals surface area (Å²) in [4.78, 5) is 4.31. The van der Waals surface area contributed by atoms with Crippen molar-refractivity contribution >= 4 is 22.4 Å². The number of aryl methyl sites for hydroxylation is 1. The Hall–Kier alpha value is -1.98. The first kappa shape index (κ1) is 15.9. The topological polar surface area (TPSA) is 56.0 Å². The van der Waals surface area contributed by atoms with Crippen molar-refractivity contribution in [1.82, 2.24) is 10.1 Å². The maximum absolute atomic E-state index is 12.2. The van der Waals surface area contributed by atoms with E-state index in [-0.39, 0.29) is 5.75 Å². The number of benzene rings is 2. The normalized spacial score (nSPS) is 12.3. The van der Waals surface area contributed by atoms with Crippen LogP contribution in [0.15, 0.2) is 53.1 Å². The van der Waals surface area contributed by atoms with Crippen molar-refractivity contribution in [2.45, 2.75) is 18.4 Å². The van der Waals surface area contributed by atoms with Gasteiger partial charge in [-0.15, -0.1) is 0 Å². The Balaban J connectivity index is 1.68. The zero-order chi connectivity index (χ0) is 16.2. The summed E-state index contributed by atoms with van der Waals surface area (Å²) in [6.07, 6.45) is 0. The molecule has 0 aliphatic carbocycles. The highest BCUT2D eigenvalue weighted by Gasteiger charge is 2.13. The lowest BCUT2D eigenvalue weighted by molar-refractivity contribution is 0.390. The van der Waals surface area contributed by atoms with E-state index < -0.39 is 10.8 Å². The Morgan fingerprint density at radius 2 is 1.83 bits per heavy atom. The molecular weight excluding hydrogens is 332 g/mol. The Morgan fingerprint density at radius 1 is 1.09 bits per heavy atom. The molecule has 3 rings (SSSR count). The molecule has 0 N–H and O–H groups in total. The molecule has 6 heteroatoms. The Morgan fingerprint density at radius 3 is 2.57 bits per heavy atom. The van der Waals surface area contributed by atoms with Gasteiger partial charge in [-0.25, -0.2) is 0 Å². The molecular formula is C17H15ClN2O2S. The highest BCUT2D eigenvalue weighted by molar-refractivity contribution is 7.83. The molecule has 1 heterocycles. The number of hydrogen-bond donors (Lipinski definition) is 0. The van der Waals surface area contributed by atoms with Crippen LogP contribution in [0.3, 0.4) is 0 Å². The lowest BCUT2D eigenvalue weighted by Crippen LogP contribution is -2.00. The molecule has 4 nitrogen and oxygen atoms in total. The van der Waals surface area contributed by atoms with Crippen molar-refractivity contribution in [3.05, 3.63) is 70.6 Å². The lowest BCUT2D eigenvalue weighted by Gasteiger charge is -2.02. The molecule has 118 valence electrons. The number of aromatic nitrogens is 2. The van der Waals surface area contributed by atoms with Gasteiger partial charge in [-0.05, 0) is 18.6 Å². The van der Waals surface area contributed by atoms with Gasteiger partial charge in [-0.2, -0.15) is 4.98 Å². The number of hydrogen-bond acceptors (Lipinski definition) is 4.